The Morgan fingerprint density at radius 2 is 1.72 bits per heavy atom. The number of hydrogen-bond acceptors (Lipinski definition) is 10. The highest BCUT2D eigenvalue weighted by atomic mass is 16.3. The lowest BCUT2D eigenvalue weighted by Gasteiger charge is -2.52. The molecule has 3 aliphatic carbocycles. The third kappa shape index (κ3) is 5.40. The first kappa shape index (κ1) is 32.8. The molecule has 0 radical (unpaired) electrons. The third-order valence-electron chi connectivity index (χ3n) is 9.58. The van der Waals surface area contributed by atoms with Gasteiger partial charge in [0.1, 0.15) is 5.75 Å². The number of rotatable bonds is 8. The van der Waals surface area contributed by atoms with Gasteiger partial charge in [-0.1, -0.05) is 27.7 Å². The molecule has 0 bridgehead atoms. The molecule has 2 unspecified atom stereocenters. The Morgan fingerprint density at radius 3 is 2.23 bits per heavy atom. The average Bonchev–Trinajstić information content (AvgIpc) is 2.87. The van der Waals surface area contributed by atoms with Crippen molar-refractivity contribution in [3.63, 3.8) is 0 Å². The molecule has 4 rings (SSSR count). The van der Waals surface area contributed by atoms with Gasteiger partial charge in [0.15, 0.2) is 34.7 Å². The van der Waals surface area contributed by atoms with Crippen LogP contribution in [0, 0.1) is 29.1 Å². The van der Waals surface area contributed by atoms with Gasteiger partial charge < -0.3 is 20.8 Å². The summed E-state index contributed by atoms with van der Waals surface area (Å²) in [6.45, 7) is 10.8. The van der Waals surface area contributed by atoms with Gasteiger partial charge in [0.25, 0.3) is 0 Å². The van der Waals surface area contributed by atoms with E-state index in [1.807, 2.05) is 19.0 Å². The summed E-state index contributed by atoms with van der Waals surface area (Å²) in [6, 6.07) is 0.447. The van der Waals surface area contributed by atoms with Crippen LogP contribution in [0.15, 0.2) is 6.07 Å². The van der Waals surface area contributed by atoms with E-state index in [0.29, 0.717) is 12.1 Å². The van der Waals surface area contributed by atoms with Gasteiger partial charge >= 0.3 is 0 Å². The minimum atomic E-state index is -2.73. The van der Waals surface area contributed by atoms with Crippen LogP contribution in [0.3, 0.4) is 0 Å². The van der Waals surface area contributed by atoms with Crippen molar-refractivity contribution in [1.82, 2.24) is 9.80 Å². The molecule has 3 aliphatic rings. The second-order valence-corrected chi connectivity index (χ2v) is 14.1. The smallest absolute Gasteiger partial charge is 0.235 e. The first-order valence-corrected chi connectivity index (χ1v) is 15.0. The van der Waals surface area contributed by atoms with Crippen molar-refractivity contribution in [3.8, 4) is 5.75 Å². The molecule has 0 spiro atoms. The van der Waals surface area contributed by atoms with Gasteiger partial charge in [-0.15, -0.1) is 0 Å². The summed E-state index contributed by atoms with van der Waals surface area (Å²) in [6.07, 6.45) is 1.23. The second kappa shape index (κ2) is 11.4. The summed E-state index contributed by atoms with van der Waals surface area (Å²) in [4.78, 5) is 72.8. The molecule has 0 aromatic heterocycles. The summed E-state index contributed by atoms with van der Waals surface area (Å²) >= 11 is 0. The average molecular weight is 599 g/mol. The third-order valence-corrected chi connectivity index (χ3v) is 9.58. The number of benzene rings is 1. The SMILES string of the molecule is CCN(CCC(C)(C)C)Cc1cc(O)c2c(c1N(C)C)C[C@H]1C[C@H]3[C@H](N(C)C)C(=O)C(C(N)=O)C(=O)[C@@]3(O)C(=O)C1C2=O. The lowest BCUT2D eigenvalue weighted by molar-refractivity contribution is -0.181. The maximum Gasteiger partial charge on any atom is 0.235 e. The zero-order chi connectivity index (χ0) is 32.3. The predicted molar refractivity (Wildman–Crippen MR) is 161 cm³/mol. The second-order valence-electron chi connectivity index (χ2n) is 14.1. The maximum atomic E-state index is 14.1. The quantitative estimate of drug-likeness (QED) is 0.371. The van der Waals surface area contributed by atoms with Crippen molar-refractivity contribution >= 4 is 34.7 Å². The molecule has 236 valence electrons. The lowest BCUT2D eigenvalue weighted by Crippen LogP contribution is -2.74. The fourth-order valence-corrected chi connectivity index (χ4v) is 7.49. The van der Waals surface area contributed by atoms with Crippen molar-refractivity contribution in [1.29, 1.82) is 0 Å². The Kier molecular flexibility index (Phi) is 8.69. The monoisotopic (exact) mass is 598 g/mol. The molecule has 0 saturated heterocycles. The van der Waals surface area contributed by atoms with Crippen molar-refractivity contribution < 1.29 is 34.2 Å². The molecule has 1 amide bonds. The zero-order valence-corrected chi connectivity index (χ0v) is 26.6. The van der Waals surface area contributed by atoms with Crippen LogP contribution in [0.2, 0.25) is 0 Å². The standard InChI is InChI=1S/C32H46N4O7/c1-9-36(11-10-31(2,3)4)15-17-14-20(37)22-18(24(17)34(5)6)12-16-13-19-25(35(7)8)27(39)23(30(33)42)29(41)32(19,43)28(40)21(16)26(22)38/h14,16,19,21,23,25,37,43H,9-13,15H2,1-8H3,(H2,33,42)/t16-,19-,21?,23?,25-,32-/m0/s1. The fraction of sp³-hybridized carbons (Fsp3) is 0.656. The minimum Gasteiger partial charge on any atom is -0.507 e. The molecule has 0 heterocycles. The molecule has 1 aromatic carbocycles. The van der Waals surface area contributed by atoms with E-state index in [9.17, 15) is 34.2 Å². The molecular formula is C32H46N4O7. The number of aromatic hydroxyl groups is 1. The highest BCUT2D eigenvalue weighted by Gasteiger charge is 2.69. The molecule has 43 heavy (non-hydrogen) atoms. The Bertz CT molecular complexity index is 1360. The Labute approximate surface area is 253 Å². The predicted octanol–water partition coefficient (Wildman–Crippen LogP) is 1.19. The number of aliphatic hydroxyl groups is 1. The number of anilines is 1. The van der Waals surface area contributed by atoms with Crippen LogP contribution < -0.4 is 10.6 Å². The molecule has 11 heteroatoms. The van der Waals surface area contributed by atoms with Crippen LogP contribution in [0.5, 0.6) is 5.75 Å². The van der Waals surface area contributed by atoms with E-state index < -0.39 is 64.4 Å². The first-order chi connectivity index (χ1) is 19.9. The summed E-state index contributed by atoms with van der Waals surface area (Å²) in [5.74, 6) is -10.4. The molecule has 1 aromatic rings. The number of nitrogens with two attached hydrogens (primary N) is 1. The van der Waals surface area contributed by atoms with E-state index in [1.165, 1.54) is 4.90 Å². The van der Waals surface area contributed by atoms with Gasteiger partial charge in [-0.05, 0) is 75.0 Å². The number of carbonyl (C=O) groups is 5. The Morgan fingerprint density at radius 1 is 1.09 bits per heavy atom. The molecule has 2 saturated carbocycles. The molecule has 2 fully saturated rings. The molecule has 4 N–H and O–H groups in total. The Balaban J connectivity index is 1.81. The first-order valence-electron chi connectivity index (χ1n) is 15.0. The minimum absolute atomic E-state index is 0.0109. The van der Waals surface area contributed by atoms with Gasteiger partial charge in [0.2, 0.25) is 5.91 Å². The van der Waals surface area contributed by atoms with Gasteiger partial charge in [-0.3, -0.25) is 33.8 Å². The number of hydrogen-bond donors (Lipinski definition) is 3. The largest absolute Gasteiger partial charge is 0.507 e. The van der Waals surface area contributed by atoms with Crippen molar-refractivity contribution in [3.05, 3.63) is 22.8 Å². The molecule has 11 nitrogen and oxygen atoms in total. The number of fused-ring (bicyclic) bond motifs is 3. The molecule has 6 atom stereocenters. The summed E-state index contributed by atoms with van der Waals surface area (Å²) in [7, 11) is 6.88. The van der Waals surface area contributed by atoms with Crippen molar-refractivity contribution in [2.75, 3.05) is 46.2 Å². The van der Waals surface area contributed by atoms with E-state index in [2.05, 4.69) is 32.6 Å². The van der Waals surface area contributed by atoms with E-state index >= 15 is 0 Å². The van der Waals surface area contributed by atoms with Crippen LogP contribution in [-0.4, -0.2) is 102 Å². The maximum absolute atomic E-state index is 14.1. The highest BCUT2D eigenvalue weighted by molar-refractivity contribution is 6.32. The van der Waals surface area contributed by atoms with E-state index in [0.717, 1.165) is 30.8 Å². The number of phenolic OH excluding ortho intramolecular Hbond substituents is 1. The van der Waals surface area contributed by atoms with Crippen molar-refractivity contribution in [2.24, 2.45) is 34.8 Å². The van der Waals surface area contributed by atoms with Crippen LogP contribution in [-0.2, 0) is 32.1 Å². The topological polar surface area (TPSA) is 162 Å². The number of nitrogens with zero attached hydrogens (tertiary/aromatic N) is 3. The number of amides is 1. The van der Waals surface area contributed by atoms with Crippen molar-refractivity contribution in [2.45, 2.75) is 65.1 Å². The van der Waals surface area contributed by atoms with Gasteiger partial charge in [0.05, 0.1) is 17.5 Å². The number of likely N-dealkylation sites (N-methyl/N-ethyl adjacent to an activating group) is 1. The van der Waals surface area contributed by atoms with Gasteiger partial charge in [-0.2, -0.15) is 0 Å². The van der Waals surface area contributed by atoms with Gasteiger partial charge in [-0.25, -0.2) is 0 Å². The van der Waals surface area contributed by atoms with E-state index in [-0.39, 0.29) is 29.6 Å². The van der Waals surface area contributed by atoms with Crippen LogP contribution in [0.1, 0.15) is 62.0 Å². The summed E-state index contributed by atoms with van der Waals surface area (Å²) in [5, 5.41) is 23.0. The van der Waals surface area contributed by atoms with Crippen LogP contribution in [0.25, 0.3) is 0 Å². The van der Waals surface area contributed by atoms with Crippen LogP contribution >= 0.6 is 0 Å². The summed E-state index contributed by atoms with van der Waals surface area (Å²) < 4.78 is 0. The van der Waals surface area contributed by atoms with Gasteiger partial charge in [0, 0.05) is 32.2 Å². The molecule has 0 aliphatic heterocycles. The number of Topliss-reactive ketones (excluding diaryl/α,β-unsaturated/α-hetero) is 4. The van der Waals surface area contributed by atoms with E-state index in [1.54, 1.807) is 20.2 Å². The zero-order valence-electron chi connectivity index (χ0n) is 26.6. The number of primary amides is 1. The Hall–Kier alpha value is -3.15. The fourth-order valence-electron chi connectivity index (χ4n) is 7.49. The number of ketones is 4. The number of carbonyl (C=O) groups excluding carboxylic acids is 5. The summed E-state index contributed by atoms with van der Waals surface area (Å²) in [5.41, 5.74) is 5.07. The molecular weight excluding hydrogens is 552 g/mol. The number of phenols is 1. The highest BCUT2D eigenvalue weighted by Crippen LogP contribution is 2.52. The van der Waals surface area contributed by atoms with Crippen LogP contribution in [0.4, 0.5) is 5.69 Å². The lowest BCUT2D eigenvalue weighted by atomic mass is 9.52. The van der Waals surface area contributed by atoms with E-state index in [4.69, 9.17) is 5.73 Å². The normalized spacial score (nSPS) is 29.0.